The van der Waals surface area contributed by atoms with E-state index in [4.69, 9.17) is 4.74 Å². The van der Waals surface area contributed by atoms with E-state index in [-0.39, 0.29) is 24.5 Å². The maximum atomic E-state index is 12.5. The normalized spacial score (nSPS) is 20.9. The van der Waals surface area contributed by atoms with Gasteiger partial charge in [-0.05, 0) is 43.2 Å². The van der Waals surface area contributed by atoms with Gasteiger partial charge in [-0.25, -0.2) is 4.79 Å². The lowest BCUT2D eigenvalue weighted by Crippen LogP contribution is -2.42. The fourth-order valence-corrected chi connectivity index (χ4v) is 4.27. The van der Waals surface area contributed by atoms with E-state index in [2.05, 4.69) is 12.2 Å². The molecular formula is C18H24N2O3S. The number of rotatable bonds is 5. The first-order chi connectivity index (χ1) is 11.6. The average Bonchev–Trinajstić information content (AvgIpc) is 3.12. The zero-order valence-corrected chi connectivity index (χ0v) is 15.0. The van der Waals surface area contributed by atoms with Crippen LogP contribution in [-0.2, 0) is 16.1 Å². The second-order valence-corrected chi connectivity index (χ2v) is 7.39. The van der Waals surface area contributed by atoms with E-state index in [1.54, 1.807) is 22.8 Å². The topological polar surface area (TPSA) is 60.3 Å². The summed E-state index contributed by atoms with van der Waals surface area (Å²) in [5.74, 6) is 0.0980. The number of aromatic nitrogens is 1. The summed E-state index contributed by atoms with van der Waals surface area (Å²) in [7, 11) is 0. The van der Waals surface area contributed by atoms with Crippen LogP contribution in [0.2, 0.25) is 0 Å². The second-order valence-electron chi connectivity index (χ2n) is 6.44. The van der Waals surface area contributed by atoms with E-state index in [9.17, 15) is 9.59 Å². The molecule has 3 rings (SSSR count). The predicted octanol–water partition coefficient (Wildman–Crippen LogP) is 3.57. The second kappa shape index (κ2) is 7.38. The molecule has 130 valence electrons. The fraction of sp³-hybridized carbons (Fsp3) is 0.556. The standard InChI is InChI=1S/C18H24N2O3S/c1-3-23-18(22)15-10-16-14(8-9-24-16)20(15)11-17(21)19-13-7-5-4-6-12(13)2/h8-10,12-13H,3-7,11H2,1-2H3,(H,19,21)/t12-,13+/m0/s1. The minimum Gasteiger partial charge on any atom is -0.461 e. The Morgan fingerprint density at radius 2 is 2.17 bits per heavy atom. The third-order valence-electron chi connectivity index (χ3n) is 4.77. The molecule has 2 aromatic heterocycles. The van der Waals surface area contributed by atoms with Gasteiger partial charge in [0.1, 0.15) is 12.2 Å². The smallest absolute Gasteiger partial charge is 0.355 e. The number of thiophene rings is 1. The molecule has 1 saturated carbocycles. The Morgan fingerprint density at radius 1 is 1.38 bits per heavy atom. The van der Waals surface area contributed by atoms with Crippen LogP contribution in [0.1, 0.15) is 50.0 Å². The van der Waals surface area contributed by atoms with Crippen molar-refractivity contribution >= 4 is 33.4 Å². The predicted molar refractivity (Wildman–Crippen MR) is 95.3 cm³/mol. The molecule has 2 aromatic rings. The molecule has 1 aliphatic carbocycles. The number of fused-ring (bicyclic) bond motifs is 1. The van der Waals surface area contributed by atoms with Gasteiger partial charge in [-0.2, -0.15) is 0 Å². The van der Waals surface area contributed by atoms with Gasteiger partial charge in [0, 0.05) is 6.04 Å². The molecule has 0 unspecified atom stereocenters. The molecule has 0 spiro atoms. The van der Waals surface area contributed by atoms with Crippen LogP contribution in [0.5, 0.6) is 0 Å². The first-order valence-electron chi connectivity index (χ1n) is 8.63. The lowest BCUT2D eigenvalue weighted by molar-refractivity contribution is -0.122. The number of carbonyl (C=O) groups excluding carboxylic acids is 2. The van der Waals surface area contributed by atoms with E-state index in [0.29, 0.717) is 18.2 Å². The molecule has 0 saturated heterocycles. The van der Waals surface area contributed by atoms with Crippen molar-refractivity contribution in [2.45, 2.75) is 52.1 Å². The third kappa shape index (κ3) is 3.48. The van der Waals surface area contributed by atoms with Crippen molar-refractivity contribution in [3.05, 3.63) is 23.2 Å². The van der Waals surface area contributed by atoms with Crippen LogP contribution in [0.4, 0.5) is 0 Å². The molecule has 1 aliphatic rings. The Balaban J connectivity index is 1.77. The minimum absolute atomic E-state index is 0.0389. The zero-order valence-electron chi connectivity index (χ0n) is 14.2. The summed E-state index contributed by atoms with van der Waals surface area (Å²) in [6.45, 7) is 4.45. The molecule has 0 aliphatic heterocycles. The van der Waals surface area contributed by atoms with Crippen molar-refractivity contribution < 1.29 is 14.3 Å². The monoisotopic (exact) mass is 348 g/mol. The average molecular weight is 348 g/mol. The summed E-state index contributed by atoms with van der Waals surface area (Å²) in [5.41, 5.74) is 1.36. The molecule has 2 heterocycles. The van der Waals surface area contributed by atoms with Gasteiger partial charge in [-0.1, -0.05) is 19.8 Å². The summed E-state index contributed by atoms with van der Waals surface area (Å²) in [6.07, 6.45) is 4.61. The highest BCUT2D eigenvalue weighted by Gasteiger charge is 2.24. The molecule has 0 aromatic carbocycles. The van der Waals surface area contributed by atoms with E-state index >= 15 is 0 Å². The molecule has 2 atom stereocenters. The van der Waals surface area contributed by atoms with E-state index in [0.717, 1.165) is 23.1 Å². The Kier molecular flexibility index (Phi) is 5.23. The molecule has 6 heteroatoms. The molecule has 0 radical (unpaired) electrons. The van der Waals surface area contributed by atoms with Crippen LogP contribution < -0.4 is 5.32 Å². The molecule has 1 N–H and O–H groups in total. The van der Waals surface area contributed by atoms with Gasteiger partial charge in [-0.15, -0.1) is 11.3 Å². The van der Waals surface area contributed by atoms with Gasteiger partial charge in [0.25, 0.3) is 0 Å². The lowest BCUT2D eigenvalue weighted by Gasteiger charge is -2.29. The number of hydrogen-bond donors (Lipinski definition) is 1. The Hall–Kier alpha value is -1.82. The molecule has 1 amide bonds. The number of ether oxygens (including phenoxy) is 1. The summed E-state index contributed by atoms with van der Waals surface area (Å²) in [6, 6.07) is 4.00. The van der Waals surface area contributed by atoms with Gasteiger partial charge >= 0.3 is 5.97 Å². The summed E-state index contributed by atoms with van der Waals surface area (Å²) >= 11 is 1.56. The number of carbonyl (C=O) groups is 2. The lowest BCUT2D eigenvalue weighted by atomic mass is 9.86. The highest BCUT2D eigenvalue weighted by atomic mass is 32.1. The highest BCUT2D eigenvalue weighted by molar-refractivity contribution is 7.17. The van der Waals surface area contributed by atoms with E-state index < -0.39 is 0 Å². The van der Waals surface area contributed by atoms with E-state index in [1.165, 1.54) is 12.8 Å². The van der Waals surface area contributed by atoms with E-state index in [1.807, 2.05) is 17.5 Å². The number of nitrogens with zero attached hydrogens (tertiary/aromatic N) is 1. The van der Waals surface area contributed by atoms with Crippen molar-refractivity contribution in [1.29, 1.82) is 0 Å². The SMILES string of the molecule is CCOC(=O)c1cc2sccc2n1CC(=O)N[C@@H]1CCCC[C@@H]1C. The summed E-state index contributed by atoms with van der Waals surface area (Å²) < 4.78 is 7.90. The molecule has 24 heavy (non-hydrogen) atoms. The molecule has 1 fully saturated rings. The van der Waals surface area contributed by atoms with Crippen molar-refractivity contribution in [2.24, 2.45) is 5.92 Å². The fourth-order valence-electron chi connectivity index (χ4n) is 3.45. The van der Waals surface area contributed by atoms with Crippen molar-refractivity contribution in [1.82, 2.24) is 9.88 Å². The maximum Gasteiger partial charge on any atom is 0.355 e. The minimum atomic E-state index is -0.375. The molecule has 5 nitrogen and oxygen atoms in total. The van der Waals surface area contributed by atoms with Crippen LogP contribution >= 0.6 is 11.3 Å². The maximum absolute atomic E-state index is 12.5. The van der Waals surface area contributed by atoms with Gasteiger partial charge in [0.15, 0.2) is 0 Å². The van der Waals surface area contributed by atoms with Crippen LogP contribution in [0, 0.1) is 5.92 Å². The summed E-state index contributed by atoms with van der Waals surface area (Å²) in [5, 5.41) is 5.12. The highest BCUT2D eigenvalue weighted by Crippen LogP contribution is 2.26. The summed E-state index contributed by atoms with van der Waals surface area (Å²) in [4.78, 5) is 24.7. The molecule has 0 bridgehead atoms. The van der Waals surface area contributed by atoms with Gasteiger partial charge in [0.2, 0.25) is 5.91 Å². The number of amides is 1. The molecular weight excluding hydrogens is 324 g/mol. The van der Waals surface area contributed by atoms with Gasteiger partial charge in [-0.3, -0.25) is 4.79 Å². The zero-order chi connectivity index (χ0) is 17.1. The van der Waals surface area contributed by atoms with Crippen LogP contribution in [0.3, 0.4) is 0 Å². The Morgan fingerprint density at radius 3 is 2.92 bits per heavy atom. The quantitative estimate of drug-likeness (QED) is 0.840. The van der Waals surface area contributed by atoms with Gasteiger partial charge in [0.05, 0.1) is 16.8 Å². The van der Waals surface area contributed by atoms with Crippen molar-refractivity contribution in [3.8, 4) is 0 Å². The number of hydrogen-bond acceptors (Lipinski definition) is 4. The van der Waals surface area contributed by atoms with Crippen molar-refractivity contribution in [2.75, 3.05) is 6.61 Å². The largest absolute Gasteiger partial charge is 0.461 e. The first-order valence-corrected chi connectivity index (χ1v) is 9.51. The Labute approximate surface area is 146 Å². The van der Waals surface area contributed by atoms with Crippen LogP contribution in [-0.4, -0.2) is 29.1 Å². The first kappa shape index (κ1) is 17.0. The van der Waals surface area contributed by atoms with Crippen LogP contribution in [0.15, 0.2) is 17.5 Å². The number of esters is 1. The number of nitrogens with one attached hydrogen (secondary N) is 1. The van der Waals surface area contributed by atoms with Crippen LogP contribution in [0.25, 0.3) is 10.2 Å². The third-order valence-corrected chi connectivity index (χ3v) is 5.62. The Bertz CT molecular complexity index is 734. The van der Waals surface area contributed by atoms with Crippen molar-refractivity contribution in [3.63, 3.8) is 0 Å². The van der Waals surface area contributed by atoms with Gasteiger partial charge < -0.3 is 14.6 Å².